The summed E-state index contributed by atoms with van der Waals surface area (Å²) in [6.07, 6.45) is -5.75. The Morgan fingerprint density at radius 1 is 1.10 bits per heavy atom. The van der Waals surface area contributed by atoms with Crippen LogP contribution in [0.15, 0.2) is 9.59 Å². The number of rotatable bonds is 1. The van der Waals surface area contributed by atoms with Gasteiger partial charge in [0, 0.05) is 14.1 Å². The van der Waals surface area contributed by atoms with Gasteiger partial charge >= 0.3 is 5.69 Å². The van der Waals surface area contributed by atoms with Gasteiger partial charge in [0.05, 0.1) is 6.61 Å². The van der Waals surface area contributed by atoms with E-state index in [2.05, 4.69) is 0 Å². The topological polar surface area (TPSA) is 134 Å². The molecule has 4 N–H and O–H groups in total. The Morgan fingerprint density at radius 2 is 1.70 bits per heavy atom. The zero-order valence-electron chi connectivity index (χ0n) is 10.9. The Kier molecular flexibility index (Phi) is 3.69. The molecular weight excluding hydrogens is 272 g/mol. The van der Waals surface area contributed by atoms with Crippen molar-refractivity contribution >= 4 is 0 Å². The Labute approximate surface area is 112 Å². The highest BCUT2D eigenvalue weighted by Crippen LogP contribution is 2.30. The lowest BCUT2D eigenvalue weighted by Gasteiger charge is -2.35. The minimum Gasteiger partial charge on any atom is -0.494 e. The number of ether oxygens (including phenoxy) is 1. The molecule has 1 unspecified atom stereocenters. The molecule has 0 radical (unpaired) electrons. The zero-order chi connectivity index (χ0) is 15.2. The summed E-state index contributed by atoms with van der Waals surface area (Å²) in [5.41, 5.74) is -1.91. The van der Waals surface area contributed by atoms with Crippen LogP contribution in [0.2, 0.25) is 0 Å². The molecule has 112 valence electrons. The molecule has 1 aromatic rings. The predicted molar refractivity (Wildman–Crippen MR) is 65.3 cm³/mol. The molecule has 2 heterocycles. The number of aromatic hydroxyl groups is 1. The highest BCUT2D eigenvalue weighted by molar-refractivity contribution is 5.27. The summed E-state index contributed by atoms with van der Waals surface area (Å²) in [4.78, 5) is 23.7. The van der Waals surface area contributed by atoms with Crippen LogP contribution in [0.1, 0.15) is 11.7 Å². The van der Waals surface area contributed by atoms with Crippen molar-refractivity contribution in [2.75, 3.05) is 6.61 Å². The van der Waals surface area contributed by atoms with Crippen molar-refractivity contribution in [1.82, 2.24) is 9.13 Å². The van der Waals surface area contributed by atoms with Gasteiger partial charge in [0.2, 0.25) is 5.88 Å². The van der Waals surface area contributed by atoms with Gasteiger partial charge in [0.15, 0.2) is 0 Å². The minimum absolute atomic E-state index is 0.311. The molecule has 1 aliphatic heterocycles. The van der Waals surface area contributed by atoms with E-state index in [1.165, 1.54) is 14.1 Å². The van der Waals surface area contributed by atoms with Crippen LogP contribution in [-0.4, -0.2) is 54.5 Å². The van der Waals surface area contributed by atoms with Crippen molar-refractivity contribution < 1.29 is 25.2 Å². The molecule has 0 amide bonds. The lowest BCUT2D eigenvalue weighted by Crippen LogP contribution is -2.51. The number of hydrogen-bond acceptors (Lipinski definition) is 7. The Morgan fingerprint density at radius 3 is 2.30 bits per heavy atom. The summed E-state index contributed by atoms with van der Waals surface area (Å²) in [6, 6.07) is 0. The highest BCUT2D eigenvalue weighted by atomic mass is 16.5. The summed E-state index contributed by atoms with van der Waals surface area (Å²) < 4.78 is 6.70. The third-order valence-electron chi connectivity index (χ3n) is 3.45. The maximum atomic E-state index is 12.1. The van der Waals surface area contributed by atoms with Crippen LogP contribution in [0.25, 0.3) is 0 Å². The quantitative estimate of drug-likeness (QED) is 0.431. The van der Waals surface area contributed by atoms with Crippen molar-refractivity contribution in [3.8, 4) is 5.88 Å². The lowest BCUT2D eigenvalue weighted by molar-refractivity contribution is -0.190. The van der Waals surface area contributed by atoms with Gasteiger partial charge in [0.1, 0.15) is 30.0 Å². The predicted octanol–water partition coefficient (Wildman–Crippen LogP) is -3.06. The third-order valence-corrected chi connectivity index (χ3v) is 3.45. The zero-order valence-corrected chi connectivity index (χ0v) is 10.9. The first kappa shape index (κ1) is 14.7. The fourth-order valence-electron chi connectivity index (χ4n) is 2.17. The minimum atomic E-state index is -1.60. The van der Waals surface area contributed by atoms with Gasteiger partial charge in [-0.15, -0.1) is 0 Å². The van der Waals surface area contributed by atoms with Gasteiger partial charge in [-0.1, -0.05) is 0 Å². The second-order valence-electron chi connectivity index (χ2n) is 4.75. The van der Waals surface area contributed by atoms with Crippen LogP contribution < -0.4 is 11.2 Å². The van der Waals surface area contributed by atoms with Crippen LogP contribution in [0.3, 0.4) is 0 Å². The van der Waals surface area contributed by atoms with E-state index in [0.29, 0.717) is 0 Å². The van der Waals surface area contributed by atoms with Crippen LogP contribution in [0.4, 0.5) is 0 Å². The van der Waals surface area contributed by atoms with E-state index in [0.717, 1.165) is 9.13 Å². The standard InChI is InChI=1S/C11H16N2O7/c1-12-9(17)5(10(18)13(2)11(12)19)8-7(16)6(15)4(14)3-20-8/h4,6-8,14-17H,3H2,1-2H3/t4-,6+,7+,8?/m0/s1. The number of aliphatic hydroxyl groups is 3. The van der Waals surface area contributed by atoms with E-state index in [1.807, 2.05) is 0 Å². The summed E-state index contributed by atoms with van der Waals surface area (Å²) in [5, 5.41) is 38.8. The third kappa shape index (κ3) is 2.04. The van der Waals surface area contributed by atoms with Crippen LogP contribution in [-0.2, 0) is 18.8 Å². The molecule has 20 heavy (non-hydrogen) atoms. The van der Waals surface area contributed by atoms with E-state index in [1.54, 1.807) is 0 Å². The highest BCUT2D eigenvalue weighted by Gasteiger charge is 2.41. The molecule has 2 rings (SSSR count). The van der Waals surface area contributed by atoms with E-state index in [9.17, 15) is 30.0 Å². The molecule has 0 spiro atoms. The van der Waals surface area contributed by atoms with Crippen molar-refractivity contribution in [1.29, 1.82) is 0 Å². The maximum Gasteiger partial charge on any atom is 0.333 e. The summed E-state index contributed by atoms with van der Waals surface area (Å²) in [7, 11) is 2.47. The van der Waals surface area contributed by atoms with Crippen molar-refractivity contribution in [2.24, 2.45) is 14.1 Å². The molecule has 1 aromatic heterocycles. The average molecular weight is 288 g/mol. The fraction of sp³-hybridized carbons (Fsp3) is 0.636. The summed E-state index contributed by atoms with van der Waals surface area (Å²) in [6.45, 7) is -0.311. The molecule has 1 saturated heterocycles. The molecular formula is C11H16N2O7. The van der Waals surface area contributed by atoms with Gasteiger partial charge in [0.25, 0.3) is 5.56 Å². The Balaban J connectivity index is 2.60. The summed E-state index contributed by atoms with van der Waals surface area (Å²) >= 11 is 0. The lowest BCUT2D eigenvalue weighted by atomic mass is 9.96. The van der Waals surface area contributed by atoms with Gasteiger partial charge in [-0.25, -0.2) is 4.79 Å². The molecule has 9 nitrogen and oxygen atoms in total. The molecule has 0 aliphatic carbocycles. The molecule has 4 atom stereocenters. The smallest absolute Gasteiger partial charge is 0.333 e. The first-order chi connectivity index (χ1) is 9.27. The number of aromatic nitrogens is 2. The molecule has 0 saturated carbocycles. The van der Waals surface area contributed by atoms with E-state index < -0.39 is 41.5 Å². The number of hydrogen-bond donors (Lipinski definition) is 4. The number of aliphatic hydroxyl groups excluding tert-OH is 3. The van der Waals surface area contributed by atoms with Crippen LogP contribution in [0.5, 0.6) is 5.88 Å². The first-order valence-corrected chi connectivity index (χ1v) is 5.92. The Hall–Kier alpha value is -1.68. The van der Waals surface area contributed by atoms with E-state index >= 15 is 0 Å². The van der Waals surface area contributed by atoms with Crippen molar-refractivity contribution in [2.45, 2.75) is 24.4 Å². The number of nitrogens with zero attached hydrogens (tertiary/aromatic N) is 2. The van der Waals surface area contributed by atoms with Crippen LogP contribution >= 0.6 is 0 Å². The average Bonchev–Trinajstić information content (AvgIpc) is 2.43. The Bertz CT molecular complexity index is 635. The second-order valence-corrected chi connectivity index (χ2v) is 4.75. The fourth-order valence-corrected chi connectivity index (χ4v) is 2.17. The van der Waals surface area contributed by atoms with Gasteiger partial charge in [-0.05, 0) is 0 Å². The second kappa shape index (κ2) is 5.02. The molecule has 9 heteroatoms. The van der Waals surface area contributed by atoms with Crippen molar-refractivity contribution in [3.63, 3.8) is 0 Å². The van der Waals surface area contributed by atoms with Gasteiger partial charge in [-0.2, -0.15) is 0 Å². The van der Waals surface area contributed by atoms with Crippen molar-refractivity contribution in [3.05, 3.63) is 26.4 Å². The molecule has 1 fully saturated rings. The van der Waals surface area contributed by atoms with E-state index in [-0.39, 0.29) is 12.2 Å². The van der Waals surface area contributed by atoms with Gasteiger partial charge in [-0.3, -0.25) is 13.9 Å². The monoisotopic (exact) mass is 288 g/mol. The maximum absolute atomic E-state index is 12.1. The summed E-state index contributed by atoms with van der Waals surface area (Å²) in [5.74, 6) is -0.647. The van der Waals surface area contributed by atoms with Crippen LogP contribution in [0, 0.1) is 0 Å². The van der Waals surface area contributed by atoms with E-state index in [4.69, 9.17) is 4.74 Å². The molecule has 0 bridgehead atoms. The van der Waals surface area contributed by atoms with Gasteiger partial charge < -0.3 is 25.2 Å². The molecule has 1 aliphatic rings. The SMILES string of the molecule is Cn1c(O)c(C2OC[C@H](O)[C@@H](O)[C@H]2O)c(=O)n(C)c1=O. The first-order valence-electron chi connectivity index (χ1n) is 5.92. The largest absolute Gasteiger partial charge is 0.494 e. The normalized spacial score (nSPS) is 30.4. The molecule has 0 aromatic carbocycles.